The lowest BCUT2D eigenvalue weighted by Crippen LogP contribution is -2.01. The molecular weight excluding hydrogens is 230 g/mol. The van der Waals surface area contributed by atoms with E-state index in [1.165, 1.54) is 12.1 Å². The Balaban J connectivity index is 0.000000606. The van der Waals surface area contributed by atoms with E-state index in [9.17, 15) is 8.78 Å². The predicted octanol–water partition coefficient (Wildman–Crippen LogP) is 5.03. The molecule has 0 aliphatic heterocycles. The van der Waals surface area contributed by atoms with Crippen molar-refractivity contribution in [3.8, 4) is 0 Å². The average molecular weight is 247 g/mol. The molecule has 1 aromatic carbocycles. The van der Waals surface area contributed by atoms with Crippen LogP contribution in [0.3, 0.4) is 0 Å². The first-order chi connectivity index (χ1) is 7.57. The van der Waals surface area contributed by atoms with Crippen LogP contribution in [0.1, 0.15) is 44.7 Å². The number of rotatable bonds is 2. The molecule has 3 heteroatoms. The highest BCUT2D eigenvalue weighted by Gasteiger charge is 2.46. The van der Waals surface area contributed by atoms with Gasteiger partial charge in [0, 0.05) is 10.6 Å². The fourth-order valence-electron chi connectivity index (χ4n) is 1.58. The molecule has 0 saturated heterocycles. The normalized spacial score (nSPS) is 16.4. The van der Waals surface area contributed by atoms with Crippen molar-refractivity contribution >= 4 is 11.6 Å². The Bertz CT molecular complexity index is 370. The topological polar surface area (TPSA) is 0 Å². The molecule has 0 atom stereocenters. The van der Waals surface area contributed by atoms with Crippen LogP contribution in [0, 0.1) is 5.82 Å². The zero-order valence-electron chi connectivity index (χ0n) is 9.91. The first kappa shape index (κ1) is 13.4. The largest absolute Gasteiger partial charge is 0.239 e. The van der Waals surface area contributed by atoms with Crippen molar-refractivity contribution in [3.63, 3.8) is 0 Å². The molecule has 90 valence electrons. The van der Waals surface area contributed by atoms with E-state index in [1.54, 1.807) is 0 Å². The molecule has 1 aromatic rings. The number of aryl methyl sites for hydroxylation is 1. The molecule has 1 aliphatic carbocycles. The summed E-state index contributed by atoms with van der Waals surface area (Å²) in [6, 6.07) is 2.78. The van der Waals surface area contributed by atoms with E-state index in [0.29, 0.717) is 35.4 Å². The Morgan fingerprint density at radius 1 is 1.31 bits per heavy atom. The summed E-state index contributed by atoms with van der Waals surface area (Å²) < 4.78 is 27.0. The van der Waals surface area contributed by atoms with E-state index in [-0.39, 0.29) is 5.82 Å². The molecule has 1 aliphatic rings. The molecule has 0 aromatic heterocycles. The molecule has 0 spiro atoms. The number of benzene rings is 1. The monoisotopic (exact) mass is 246 g/mol. The molecule has 0 bridgehead atoms. The highest BCUT2D eigenvalue weighted by Crippen LogP contribution is 2.52. The second kappa shape index (κ2) is 5.13. The Labute approximate surface area is 101 Å². The molecule has 2 rings (SSSR count). The summed E-state index contributed by atoms with van der Waals surface area (Å²) >= 11 is 5.90. The van der Waals surface area contributed by atoms with Gasteiger partial charge in [0.1, 0.15) is 11.5 Å². The van der Waals surface area contributed by atoms with Crippen molar-refractivity contribution < 1.29 is 8.78 Å². The van der Waals surface area contributed by atoms with E-state index in [1.807, 2.05) is 20.8 Å². The van der Waals surface area contributed by atoms with Crippen molar-refractivity contribution in [2.75, 3.05) is 0 Å². The highest BCUT2D eigenvalue weighted by atomic mass is 35.5. The minimum Gasteiger partial charge on any atom is -0.239 e. The van der Waals surface area contributed by atoms with E-state index in [0.717, 1.165) is 0 Å². The summed E-state index contributed by atoms with van der Waals surface area (Å²) in [6.07, 6.45) is 1.49. The van der Waals surface area contributed by atoms with Crippen LogP contribution in [0.5, 0.6) is 0 Å². The smallest absolute Gasteiger partial charge is 0.137 e. The van der Waals surface area contributed by atoms with Crippen LogP contribution in [0.4, 0.5) is 8.78 Å². The van der Waals surface area contributed by atoms with Gasteiger partial charge in [0.05, 0.1) is 0 Å². The molecule has 1 fully saturated rings. The summed E-state index contributed by atoms with van der Waals surface area (Å²) in [4.78, 5) is 0. The molecular formula is C13H17ClF2. The molecule has 16 heavy (non-hydrogen) atoms. The van der Waals surface area contributed by atoms with Gasteiger partial charge in [0.25, 0.3) is 0 Å². The quantitative estimate of drug-likeness (QED) is 0.687. The summed E-state index contributed by atoms with van der Waals surface area (Å²) in [5.74, 6) is -0.351. The van der Waals surface area contributed by atoms with Crippen molar-refractivity contribution in [1.82, 2.24) is 0 Å². The zero-order valence-corrected chi connectivity index (χ0v) is 10.7. The lowest BCUT2D eigenvalue weighted by atomic mass is 10.0. The van der Waals surface area contributed by atoms with Gasteiger partial charge in [-0.1, -0.05) is 32.4 Å². The second-order valence-corrected chi connectivity index (χ2v) is 4.15. The molecule has 0 radical (unpaired) electrons. The van der Waals surface area contributed by atoms with Crippen molar-refractivity contribution in [3.05, 3.63) is 34.1 Å². The fourth-order valence-corrected chi connectivity index (χ4v) is 1.94. The molecule has 0 N–H and O–H groups in total. The molecule has 1 saturated carbocycles. The maximum atomic E-state index is 13.7. The van der Waals surface area contributed by atoms with Crippen LogP contribution in [-0.2, 0) is 12.1 Å². The van der Waals surface area contributed by atoms with Crippen LogP contribution >= 0.6 is 11.6 Å². The van der Waals surface area contributed by atoms with Crippen molar-refractivity contribution in [2.45, 2.75) is 45.7 Å². The highest BCUT2D eigenvalue weighted by molar-refractivity contribution is 6.31. The van der Waals surface area contributed by atoms with Crippen LogP contribution in [0.2, 0.25) is 5.02 Å². The Kier molecular flexibility index (Phi) is 4.31. The van der Waals surface area contributed by atoms with Gasteiger partial charge >= 0.3 is 0 Å². The first-order valence-corrected chi connectivity index (χ1v) is 6.12. The minimum absolute atomic E-state index is 0.314. The Hall–Kier alpha value is -0.630. The van der Waals surface area contributed by atoms with Gasteiger partial charge in [-0.05, 0) is 37.0 Å². The maximum Gasteiger partial charge on any atom is 0.137 e. The second-order valence-electron chi connectivity index (χ2n) is 3.74. The predicted molar refractivity (Wildman–Crippen MR) is 64.2 cm³/mol. The van der Waals surface area contributed by atoms with E-state index < -0.39 is 5.67 Å². The maximum absolute atomic E-state index is 13.7. The van der Waals surface area contributed by atoms with Gasteiger partial charge in [0.2, 0.25) is 0 Å². The van der Waals surface area contributed by atoms with Crippen molar-refractivity contribution in [2.24, 2.45) is 0 Å². The Morgan fingerprint density at radius 3 is 2.31 bits per heavy atom. The number of halogens is 3. The molecule has 0 amide bonds. The van der Waals surface area contributed by atoms with Crippen LogP contribution in [0.25, 0.3) is 0 Å². The van der Waals surface area contributed by atoms with Gasteiger partial charge in [-0.3, -0.25) is 0 Å². The summed E-state index contributed by atoms with van der Waals surface area (Å²) in [5, 5.41) is 0.350. The molecule has 0 unspecified atom stereocenters. The third-order valence-corrected chi connectivity index (χ3v) is 3.00. The first-order valence-electron chi connectivity index (χ1n) is 5.74. The number of hydrogen-bond donors (Lipinski definition) is 0. The van der Waals surface area contributed by atoms with Gasteiger partial charge < -0.3 is 0 Å². The van der Waals surface area contributed by atoms with Crippen LogP contribution in [0.15, 0.2) is 12.1 Å². The fraction of sp³-hybridized carbons (Fsp3) is 0.538. The Morgan fingerprint density at radius 2 is 1.88 bits per heavy atom. The van der Waals surface area contributed by atoms with E-state index in [4.69, 9.17) is 11.6 Å². The zero-order chi connectivity index (χ0) is 12.3. The minimum atomic E-state index is -1.36. The van der Waals surface area contributed by atoms with E-state index >= 15 is 0 Å². The van der Waals surface area contributed by atoms with Crippen LogP contribution < -0.4 is 0 Å². The lowest BCUT2D eigenvalue weighted by molar-refractivity contribution is 0.316. The SMILES string of the molecule is CC.CCc1cc(Cl)c(C2(F)CC2)cc1F. The van der Waals surface area contributed by atoms with Gasteiger partial charge in [-0.25, -0.2) is 8.78 Å². The van der Waals surface area contributed by atoms with Crippen LogP contribution in [-0.4, -0.2) is 0 Å². The summed E-state index contributed by atoms with van der Waals surface area (Å²) in [5.41, 5.74) is -0.499. The number of alkyl halides is 1. The molecule has 0 heterocycles. The average Bonchev–Trinajstić information content (AvgIpc) is 3.03. The van der Waals surface area contributed by atoms with E-state index in [2.05, 4.69) is 0 Å². The standard InChI is InChI=1S/C11H11ClF2.C2H6/c1-2-7-5-9(12)8(6-10(7)13)11(14)3-4-11;1-2/h5-6H,2-4H2,1H3;1-2H3. The summed E-state index contributed by atoms with van der Waals surface area (Å²) in [6.45, 7) is 5.84. The third-order valence-electron chi connectivity index (χ3n) is 2.69. The third kappa shape index (κ3) is 2.54. The van der Waals surface area contributed by atoms with Gasteiger partial charge in [-0.15, -0.1) is 0 Å². The summed E-state index contributed by atoms with van der Waals surface area (Å²) in [7, 11) is 0. The number of hydrogen-bond acceptors (Lipinski definition) is 0. The van der Waals surface area contributed by atoms with Crippen molar-refractivity contribution in [1.29, 1.82) is 0 Å². The molecule has 0 nitrogen and oxygen atoms in total. The van der Waals surface area contributed by atoms with Gasteiger partial charge in [0.15, 0.2) is 0 Å². The lowest BCUT2D eigenvalue weighted by Gasteiger charge is -2.10. The van der Waals surface area contributed by atoms with Gasteiger partial charge in [-0.2, -0.15) is 0 Å².